The van der Waals surface area contributed by atoms with Gasteiger partial charge in [0.05, 0.1) is 35.8 Å². The summed E-state index contributed by atoms with van der Waals surface area (Å²) in [5, 5.41) is 40.3. The molecule has 4 rings (SSSR count). The van der Waals surface area contributed by atoms with E-state index in [9.17, 15) is 34.9 Å². The van der Waals surface area contributed by atoms with Crippen LogP contribution in [0.3, 0.4) is 0 Å². The Bertz CT molecular complexity index is 1040. The Labute approximate surface area is 271 Å². The van der Waals surface area contributed by atoms with Crippen molar-refractivity contribution >= 4 is 35.1 Å². The van der Waals surface area contributed by atoms with Crippen LogP contribution in [0.1, 0.15) is 83.5 Å². The number of carboxylic acid groups (broad SMARTS) is 1. The lowest BCUT2D eigenvalue weighted by Gasteiger charge is -2.38. The second kappa shape index (κ2) is 16.8. The van der Waals surface area contributed by atoms with Crippen LogP contribution in [0.5, 0.6) is 0 Å². The number of esters is 1. The number of carbonyl (C=O) groups is 2. The Balaban J connectivity index is 1.18. The lowest BCUT2D eigenvalue weighted by atomic mass is 9.76. The molecule has 0 saturated heterocycles. The van der Waals surface area contributed by atoms with Gasteiger partial charge in [-0.1, -0.05) is 0 Å². The van der Waals surface area contributed by atoms with Crippen LogP contribution in [0.15, 0.2) is 0 Å². The van der Waals surface area contributed by atoms with E-state index in [1.807, 2.05) is 0 Å². The van der Waals surface area contributed by atoms with E-state index in [1.54, 1.807) is 0 Å². The zero-order valence-electron chi connectivity index (χ0n) is 25.2. The Morgan fingerprint density at radius 3 is 1.91 bits per heavy atom. The van der Waals surface area contributed by atoms with Gasteiger partial charge in [-0.3, -0.25) is 35.1 Å². The summed E-state index contributed by atoms with van der Waals surface area (Å²) in [6.45, 7) is 0.242. The average molecular weight is 684 g/mol. The predicted molar refractivity (Wildman–Crippen MR) is 159 cm³/mol. The Morgan fingerprint density at radius 2 is 1.33 bits per heavy atom. The highest BCUT2D eigenvalue weighted by Gasteiger charge is 2.46. The van der Waals surface area contributed by atoms with Gasteiger partial charge in [0, 0.05) is 35.5 Å². The minimum atomic E-state index is -1.15. The van der Waals surface area contributed by atoms with Gasteiger partial charge in [0.15, 0.2) is 0 Å². The normalized spacial score (nSPS) is 39.1. The first-order chi connectivity index (χ1) is 21.5. The first kappa shape index (κ1) is 36.0. The molecule has 2 N–H and O–H groups in total. The van der Waals surface area contributed by atoms with Gasteiger partial charge in [0.1, 0.15) is 12.2 Å². The van der Waals surface area contributed by atoms with Crippen molar-refractivity contribution in [1.82, 2.24) is 0 Å². The number of nitro groups is 2. The van der Waals surface area contributed by atoms with Gasteiger partial charge in [-0.25, -0.2) is 14.7 Å². The SMILES string of the molecule is O=C(O)C1CCC([N+](=O)[O-])CC1C(=O)OC1CCC(CC2CCC(OOCC3CC([N+](=O)[O-])CCC3COO)C(Cl)C2)CC1Cl. The quantitative estimate of drug-likeness (QED) is 0.0856. The molecule has 0 aromatic heterocycles. The summed E-state index contributed by atoms with van der Waals surface area (Å²) >= 11 is 13.4. The molecule has 0 bridgehead atoms. The maximum absolute atomic E-state index is 13.0. The molecule has 16 heteroatoms. The number of hydrogen-bond acceptors (Lipinski definition) is 11. The molecule has 0 radical (unpaired) electrons. The van der Waals surface area contributed by atoms with Crippen molar-refractivity contribution in [2.45, 2.75) is 119 Å². The smallest absolute Gasteiger partial charge is 0.310 e. The molecule has 4 fully saturated rings. The van der Waals surface area contributed by atoms with Gasteiger partial charge >= 0.3 is 11.9 Å². The molecule has 4 aliphatic carbocycles. The van der Waals surface area contributed by atoms with Crippen LogP contribution in [0, 0.1) is 55.7 Å². The number of aliphatic carboxylic acids is 1. The van der Waals surface area contributed by atoms with Gasteiger partial charge in [-0.05, 0) is 81.5 Å². The van der Waals surface area contributed by atoms with Gasteiger partial charge in [-0.2, -0.15) is 0 Å². The fraction of sp³-hybridized carbons (Fsp3) is 0.931. The highest BCUT2D eigenvalue weighted by atomic mass is 35.5. The lowest BCUT2D eigenvalue weighted by molar-refractivity contribution is -0.530. The van der Waals surface area contributed by atoms with Crippen molar-refractivity contribution < 1.29 is 49.2 Å². The zero-order chi connectivity index (χ0) is 32.7. The molecule has 0 aliphatic heterocycles. The molecule has 0 spiro atoms. The number of hydrogen-bond donors (Lipinski definition) is 2. The van der Waals surface area contributed by atoms with Crippen LogP contribution in [-0.4, -0.2) is 80.4 Å². The molecule has 4 aliphatic rings. The molecule has 12 atom stereocenters. The number of alkyl halides is 2. The average Bonchev–Trinajstić information content (AvgIpc) is 2.99. The largest absolute Gasteiger partial charge is 0.481 e. The van der Waals surface area contributed by atoms with E-state index >= 15 is 0 Å². The van der Waals surface area contributed by atoms with E-state index in [0.29, 0.717) is 50.4 Å². The third-order valence-corrected chi connectivity index (χ3v) is 11.4. The number of halogens is 2. The molecule has 0 heterocycles. The van der Waals surface area contributed by atoms with Crippen molar-refractivity contribution in [2.75, 3.05) is 13.2 Å². The number of rotatable bonds is 13. The van der Waals surface area contributed by atoms with E-state index in [-0.39, 0.29) is 60.7 Å². The molecular weight excluding hydrogens is 639 g/mol. The van der Waals surface area contributed by atoms with Crippen molar-refractivity contribution in [2.24, 2.45) is 35.5 Å². The summed E-state index contributed by atoms with van der Waals surface area (Å²) in [5.74, 6) is -3.51. The summed E-state index contributed by atoms with van der Waals surface area (Å²) in [6.07, 6.45) is 5.61. The molecule has 12 unspecified atom stereocenters. The van der Waals surface area contributed by atoms with Crippen LogP contribution in [0.4, 0.5) is 0 Å². The van der Waals surface area contributed by atoms with Crippen molar-refractivity contribution in [1.29, 1.82) is 0 Å². The van der Waals surface area contributed by atoms with Crippen LogP contribution < -0.4 is 0 Å². The molecule has 0 aromatic carbocycles. The summed E-state index contributed by atoms with van der Waals surface area (Å²) in [5.41, 5.74) is 0. The number of nitrogens with zero attached hydrogens (tertiary/aromatic N) is 2. The molecule has 4 saturated carbocycles. The monoisotopic (exact) mass is 682 g/mol. The third kappa shape index (κ3) is 9.83. The Hall–Kier alpha value is -1.84. The molecular formula is C29H44Cl2N2O12. The molecule has 0 aromatic rings. The van der Waals surface area contributed by atoms with Gasteiger partial charge in [0.25, 0.3) is 0 Å². The molecule has 256 valence electrons. The van der Waals surface area contributed by atoms with E-state index in [0.717, 1.165) is 25.7 Å². The second-order valence-corrected chi connectivity index (χ2v) is 14.5. The summed E-state index contributed by atoms with van der Waals surface area (Å²) < 4.78 is 5.68. The molecule has 45 heavy (non-hydrogen) atoms. The number of carboxylic acids is 1. The molecule has 14 nitrogen and oxygen atoms in total. The number of ether oxygens (including phenoxy) is 1. The highest BCUT2D eigenvalue weighted by molar-refractivity contribution is 6.21. The van der Waals surface area contributed by atoms with Crippen LogP contribution >= 0.6 is 23.2 Å². The van der Waals surface area contributed by atoms with E-state index in [4.69, 9.17) is 43.0 Å². The third-order valence-electron chi connectivity index (χ3n) is 10.5. The fourth-order valence-corrected chi connectivity index (χ4v) is 8.69. The van der Waals surface area contributed by atoms with E-state index in [2.05, 4.69) is 4.89 Å². The second-order valence-electron chi connectivity index (χ2n) is 13.4. The summed E-state index contributed by atoms with van der Waals surface area (Å²) in [4.78, 5) is 62.0. The summed E-state index contributed by atoms with van der Waals surface area (Å²) in [7, 11) is 0. The van der Waals surface area contributed by atoms with Crippen molar-refractivity contribution in [3.05, 3.63) is 20.2 Å². The Kier molecular flexibility index (Phi) is 13.5. The van der Waals surface area contributed by atoms with Gasteiger partial charge in [0.2, 0.25) is 12.1 Å². The predicted octanol–water partition coefficient (Wildman–Crippen LogP) is 5.12. The highest BCUT2D eigenvalue weighted by Crippen LogP contribution is 2.41. The number of carbonyl (C=O) groups excluding carboxylic acids is 1. The summed E-state index contributed by atoms with van der Waals surface area (Å²) in [6, 6.07) is -1.61. The van der Waals surface area contributed by atoms with Gasteiger partial charge in [-0.15, -0.1) is 23.2 Å². The van der Waals surface area contributed by atoms with Crippen LogP contribution in [0.2, 0.25) is 0 Å². The maximum atomic E-state index is 13.0. The van der Waals surface area contributed by atoms with Crippen LogP contribution in [-0.2, 0) is 29.0 Å². The van der Waals surface area contributed by atoms with Crippen LogP contribution in [0.25, 0.3) is 0 Å². The minimum absolute atomic E-state index is 0.0587. The van der Waals surface area contributed by atoms with E-state index in [1.165, 1.54) is 0 Å². The molecule has 0 amide bonds. The lowest BCUT2D eigenvalue weighted by Crippen LogP contribution is -2.43. The Morgan fingerprint density at radius 1 is 0.733 bits per heavy atom. The zero-order valence-corrected chi connectivity index (χ0v) is 26.7. The van der Waals surface area contributed by atoms with E-state index < -0.39 is 52.3 Å². The maximum Gasteiger partial charge on any atom is 0.310 e. The topological polar surface area (TPSA) is 198 Å². The van der Waals surface area contributed by atoms with Crippen molar-refractivity contribution in [3.63, 3.8) is 0 Å². The first-order valence-electron chi connectivity index (χ1n) is 16.0. The standard InChI is InChI=1S/C29H44Cl2N2O12/c30-24-10-16(1-7-26(24)44-29(36)23-13-21(33(39)40)5-6-22(23)28(34)35)9-17-2-8-27(25(31)11-17)45-43-15-19-12-20(32(37)38)4-3-18(19)14-42-41/h16-27,41H,1-15H2,(H,34,35). The van der Waals surface area contributed by atoms with Crippen molar-refractivity contribution in [3.8, 4) is 0 Å². The fourth-order valence-electron chi connectivity index (χ4n) is 7.84. The van der Waals surface area contributed by atoms with Gasteiger partial charge < -0.3 is 9.84 Å². The minimum Gasteiger partial charge on any atom is -0.481 e. The first-order valence-corrected chi connectivity index (χ1v) is 16.9.